The van der Waals surface area contributed by atoms with E-state index in [1.165, 1.54) is 5.56 Å². The molecule has 4 rings (SSSR count). The van der Waals surface area contributed by atoms with Crippen molar-refractivity contribution < 1.29 is 4.42 Å². The molecule has 4 aromatic rings. The standard InChI is InChI=1S/C24H22N2O.ClH/c1-4-10-19(11-5-1)16-17-25-18-22-26-23(20-12-6-2-7-13-20)24(27-22)21-14-8-3-9-15-21;/h1-15,25H,16-18H2;1H. The summed E-state index contributed by atoms with van der Waals surface area (Å²) >= 11 is 0. The third-order valence-corrected chi connectivity index (χ3v) is 4.46. The van der Waals surface area contributed by atoms with E-state index in [1.54, 1.807) is 0 Å². The van der Waals surface area contributed by atoms with Gasteiger partial charge in [0, 0.05) is 11.1 Å². The first-order valence-electron chi connectivity index (χ1n) is 9.25. The largest absolute Gasteiger partial charge is 0.439 e. The highest BCUT2D eigenvalue weighted by Crippen LogP contribution is 2.32. The third-order valence-electron chi connectivity index (χ3n) is 4.46. The monoisotopic (exact) mass is 390 g/mol. The molecule has 0 saturated carbocycles. The van der Waals surface area contributed by atoms with Crippen LogP contribution in [-0.4, -0.2) is 11.5 Å². The van der Waals surface area contributed by atoms with E-state index in [4.69, 9.17) is 9.40 Å². The van der Waals surface area contributed by atoms with Gasteiger partial charge in [-0.05, 0) is 18.5 Å². The van der Waals surface area contributed by atoms with Crippen molar-refractivity contribution in [2.45, 2.75) is 13.0 Å². The maximum Gasteiger partial charge on any atom is 0.209 e. The zero-order valence-electron chi connectivity index (χ0n) is 15.5. The molecular formula is C24H23ClN2O. The Labute approximate surface area is 171 Å². The molecule has 4 heteroatoms. The van der Waals surface area contributed by atoms with Gasteiger partial charge in [-0.1, -0.05) is 91.0 Å². The summed E-state index contributed by atoms with van der Waals surface area (Å²) in [6, 6.07) is 30.8. The minimum absolute atomic E-state index is 0. The molecule has 0 amide bonds. The van der Waals surface area contributed by atoms with Gasteiger partial charge in [-0.2, -0.15) is 0 Å². The van der Waals surface area contributed by atoms with E-state index in [2.05, 4.69) is 53.8 Å². The zero-order valence-corrected chi connectivity index (χ0v) is 16.4. The number of nitrogens with zero attached hydrogens (tertiary/aromatic N) is 1. The fraction of sp³-hybridized carbons (Fsp3) is 0.125. The van der Waals surface area contributed by atoms with Crippen molar-refractivity contribution in [1.29, 1.82) is 0 Å². The summed E-state index contributed by atoms with van der Waals surface area (Å²) in [5.41, 5.74) is 4.32. The molecule has 0 spiro atoms. The van der Waals surface area contributed by atoms with Crippen molar-refractivity contribution in [3.05, 3.63) is 102 Å². The average Bonchev–Trinajstić information content (AvgIpc) is 3.18. The SMILES string of the molecule is Cl.c1ccc(CCNCc2nc(-c3ccccc3)c(-c3ccccc3)o2)cc1. The van der Waals surface area contributed by atoms with Crippen LogP contribution in [0.1, 0.15) is 11.5 Å². The van der Waals surface area contributed by atoms with E-state index in [0.717, 1.165) is 35.5 Å². The Hall–Kier alpha value is -2.88. The fourth-order valence-electron chi connectivity index (χ4n) is 3.09. The Morgan fingerprint density at radius 1 is 0.714 bits per heavy atom. The topological polar surface area (TPSA) is 38.1 Å². The minimum atomic E-state index is 0. The second-order valence-electron chi connectivity index (χ2n) is 6.43. The van der Waals surface area contributed by atoms with Crippen LogP contribution in [0.2, 0.25) is 0 Å². The maximum atomic E-state index is 6.13. The van der Waals surface area contributed by atoms with Crippen LogP contribution in [0.25, 0.3) is 22.6 Å². The minimum Gasteiger partial charge on any atom is -0.439 e. The van der Waals surface area contributed by atoms with Crippen LogP contribution in [0.3, 0.4) is 0 Å². The molecule has 1 aromatic heterocycles. The van der Waals surface area contributed by atoms with Crippen molar-refractivity contribution in [3.8, 4) is 22.6 Å². The molecular weight excluding hydrogens is 368 g/mol. The predicted octanol–water partition coefficient (Wildman–Crippen LogP) is 5.76. The lowest BCUT2D eigenvalue weighted by Crippen LogP contribution is -2.16. The van der Waals surface area contributed by atoms with E-state index in [-0.39, 0.29) is 12.4 Å². The van der Waals surface area contributed by atoms with Crippen LogP contribution in [0.4, 0.5) is 0 Å². The first kappa shape index (κ1) is 19.9. The molecule has 0 aliphatic carbocycles. The lowest BCUT2D eigenvalue weighted by Gasteiger charge is -2.02. The van der Waals surface area contributed by atoms with E-state index >= 15 is 0 Å². The first-order valence-corrected chi connectivity index (χ1v) is 9.25. The summed E-state index contributed by atoms with van der Waals surface area (Å²) in [6.07, 6.45) is 0.985. The quantitative estimate of drug-likeness (QED) is 0.407. The Kier molecular flexibility index (Phi) is 7.01. The Balaban J connectivity index is 0.00000225. The van der Waals surface area contributed by atoms with Gasteiger partial charge in [0.05, 0.1) is 6.54 Å². The number of benzene rings is 3. The van der Waals surface area contributed by atoms with Gasteiger partial charge in [-0.25, -0.2) is 4.98 Å². The highest BCUT2D eigenvalue weighted by atomic mass is 35.5. The summed E-state index contributed by atoms with van der Waals surface area (Å²) in [4.78, 5) is 4.77. The second kappa shape index (κ2) is 9.88. The molecule has 0 fully saturated rings. The van der Waals surface area contributed by atoms with Gasteiger partial charge in [0.2, 0.25) is 5.89 Å². The number of halogens is 1. The average molecular weight is 391 g/mol. The van der Waals surface area contributed by atoms with Gasteiger partial charge in [-0.15, -0.1) is 12.4 Å². The van der Waals surface area contributed by atoms with Crippen LogP contribution < -0.4 is 5.32 Å². The van der Waals surface area contributed by atoms with E-state index in [1.807, 2.05) is 42.5 Å². The highest BCUT2D eigenvalue weighted by Gasteiger charge is 2.16. The molecule has 0 aliphatic rings. The third kappa shape index (κ3) is 4.89. The van der Waals surface area contributed by atoms with Crippen LogP contribution in [-0.2, 0) is 13.0 Å². The number of hydrogen-bond acceptors (Lipinski definition) is 3. The summed E-state index contributed by atoms with van der Waals surface area (Å²) in [5.74, 6) is 1.53. The van der Waals surface area contributed by atoms with Gasteiger partial charge < -0.3 is 9.73 Å². The van der Waals surface area contributed by atoms with Gasteiger partial charge in [0.15, 0.2) is 5.76 Å². The van der Waals surface area contributed by atoms with Gasteiger partial charge in [0.25, 0.3) is 0 Å². The molecule has 0 radical (unpaired) electrons. The Morgan fingerprint density at radius 2 is 1.29 bits per heavy atom. The Bertz CT molecular complexity index is 912. The van der Waals surface area contributed by atoms with E-state index in [0.29, 0.717) is 12.4 Å². The molecule has 0 unspecified atom stereocenters. The predicted molar refractivity (Wildman–Crippen MR) is 116 cm³/mol. The summed E-state index contributed by atoms with van der Waals surface area (Å²) < 4.78 is 6.13. The molecule has 1 N–H and O–H groups in total. The number of aromatic nitrogens is 1. The van der Waals surface area contributed by atoms with Crippen molar-refractivity contribution >= 4 is 12.4 Å². The molecule has 3 nitrogen and oxygen atoms in total. The van der Waals surface area contributed by atoms with Gasteiger partial charge in [-0.3, -0.25) is 0 Å². The van der Waals surface area contributed by atoms with Crippen molar-refractivity contribution in [2.24, 2.45) is 0 Å². The zero-order chi connectivity index (χ0) is 18.3. The maximum absolute atomic E-state index is 6.13. The van der Waals surface area contributed by atoms with Gasteiger partial charge >= 0.3 is 0 Å². The lowest BCUT2D eigenvalue weighted by atomic mass is 10.1. The van der Waals surface area contributed by atoms with E-state index < -0.39 is 0 Å². The highest BCUT2D eigenvalue weighted by molar-refractivity contribution is 5.85. The molecule has 1 heterocycles. The smallest absolute Gasteiger partial charge is 0.209 e. The normalized spacial score (nSPS) is 10.4. The van der Waals surface area contributed by atoms with Crippen LogP contribution in [0.5, 0.6) is 0 Å². The lowest BCUT2D eigenvalue weighted by molar-refractivity contribution is 0.479. The van der Waals surface area contributed by atoms with Crippen LogP contribution in [0.15, 0.2) is 95.4 Å². The summed E-state index contributed by atoms with van der Waals surface area (Å²) in [7, 11) is 0. The van der Waals surface area contributed by atoms with Crippen molar-refractivity contribution in [1.82, 2.24) is 10.3 Å². The fourth-order valence-corrected chi connectivity index (χ4v) is 3.09. The summed E-state index contributed by atoms with van der Waals surface area (Å²) in [5, 5.41) is 3.44. The molecule has 0 saturated heterocycles. The molecule has 0 bridgehead atoms. The van der Waals surface area contributed by atoms with Crippen molar-refractivity contribution in [3.63, 3.8) is 0 Å². The van der Waals surface area contributed by atoms with Gasteiger partial charge in [0.1, 0.15) is 5.69 Å². The molecule has 28 heavy (non-hydrogen) atoms. The second-order valence-corrected chi connectivity index (χ2v) is 6.43. The molecule has 0 aliphatic heterocycles. The van der Waals surface area contributed by atoms with Crippen LogP contribution in [0, 0.1) is 0 Å². The molecule has 3 aromatic carbocycles. The Morgan fingerprint density at radius 3 is 1.93 bits per heavy atom. The number of hydrogen-bond donors (Lipinski definition) is 1. The number of rotatable bonds is 7. The van der Waals surface area contributed by atoms with Crippen LogP contribution >= 0.6 is 12.4 Å². The summed E-state index contributed by atoms with van der Waals surface area (Å²) in [6.45, 7) is 1.49. The first-order chi connectivity index (χ1) is 13.4. The van der Waals surface area contributed by atoms with Crippen molar-refractivity contribution in [2.75, 3.05) is 6.54 Å². The molecule has 142 valence electrons. The molecule has 0 atom stereocenters. The van der Waals surface area contributed by atoms with E-state index in [9.17, 15) is 0 Å². The number of oxazole rings is 1. The number of nitrogens with one attached hydrogen (secondary N) is 1.